The molecule has 0 heterocycles. The molecule has 0 aliphatic carbocycles. The van der Waals surface area contributed by atoms with Gasteiger partial charge in [-0.3, -0.25) is 0 Å². The molecule has 0 aromatic heterocycles. The van der Waals surface area contributed by atoms with E-state index in [9.17, 15) is 0 Å². The Bertz CT molecular complexity index is 750. The fourth-order valence-corrected chi connectivity index (χ4v) is 4.56. The summed E-state index contributed by atoms with van der Waals surface area (Å²) >= 11 is 20.7. The monoisotopic (exact) mass is 683 g/mol. The van der Waals surface area contributed by atoms with E-state index >= 15 is 0 Å². The summed E-state index contributed by atoms with van der Waals surface area (Å²) in [5.74, 6) is 1.59. The molecule has 2 aromatic rings. The Morgan fingerprint density at radius 2 is 1.27 bits per heavy atom. The quantitative estimate of drug-likeness (QED) is 0.267. The van der Waals surface area contributed by atoms with Gasteiger partial charge in [0.1, 0.15) is 0 Å². The fraction of sp³-hybridized carbons (Fsp3) is 0.0769. The van der Waals surface area contributed by atoms with Crippen LogP contribution in [0.2, 0.25) is 0 Å². The maximum absolute atomic E-state index is 6.10. The van der Waals surface area contributed by atoms with E-state index in [4.69, 9.17) is 15.2 Å². The number of methoxy groups -OCH3 is 1. The van der Waals surface area contributed by atoms with Crippen molar-refractivity contribution in [2.24, 2.45) is 0 Å². The van der Waals surface area contributed by atoms with Crippen molar-refractivity contribution in [3.8, 4) is 17.2 Å². The molecule has 0 atom stereocenters. The van der Waals surface area contributed by atoms with Crippen LogP contribution in [0.15, 0.2) is 39.0 Å². The molecule has 2 aromatic carbocycles. The summed E-state index contributed by atoms with van der Waals surface area (Å²) < 4.78 is 16.1. The predicted molar refractivity (Wildman–Crippen MR) is 110 cm³/mol. The number of rotatable bonds is 3. The highest BCUT2D eigenvalue weighted by Crippen LogP contribution is 2.48. The zero-order chi connectivity index (χ0) is 16.6. The Morgan fingerprint density at radius 3 is 1.82 bits per heavy atom. The molecular weight excluding hydrogens is 682 g/mol. The molecule has 0 bridgehead atoms. The number of benzene rings is 2. The molecule has 2 N–H and O–H groups in total. The third kappa shape index (κ3) is 3.69. The molecule has 22 heavy (non-hydrogen) atoms. The highest BCUT2D eigenvalue weighted by molar-refractivity contribution is 9.15. The van der Waals surface area contributed by atoms with Crippen LogP contribution < -0.4 is 15.2 Å². The van der Waals surface area contributed by atoms with Gasteiger partial charge in [0.05, 0.1) is 21.7 Å². The molecule has 0 unspecified atom stereocenters. The number of hydrogen-bond acceptors (Lipinski definition) is 3. The highest BCUT2D eigenvalue weighted by atomic mass is 79.9. The number of nitrogens with two attached hydrogens (primary N) is 1. The number of halogens is 6. The van der Waals surface area contributed by atoms with Gasteiger partial charge in [-0.25, -0.2) is 0 Å². The Kier molecular flexibility index (Phi) is 6.70. The average Bonchev–Trinajstić information content (AvgIpc) is 2.48. The van der Waals surface area contributed by atoms with Crippen LogP contribution in [-0.2, 0) is 0 Å². The van der Waals surface area contributed by atoms with Crippen LogP contribution >= 0.6 is 95.6 Å². The van der Waals surface area contributed by atoms with Crippen LogP contribution in [0.25, 0.3) is 0 Å². The lowest BCUT2D eigenvalue weighted by Crippen LogP contribution is -1.97. The third-order valence-electron chi connectivity index (χ3n) is 2.67. The van der Waals surface area contributed by atoms with Gasteiger partial charge in [-0.15, -0.1) is 0 Å². The molecule has 0 aliphatic rings. The molecule has 0 radical (unpaired) electrons. The minimum Gasteiger partial charge on any atom is -0.492 e. The lowest BCUT2D eigenvalue weighted by atomic mass is 10.3. The zero-order valence-corrected chi connectivity index (χ0v) is 20.3. The van der Waals surface area contributed by atoms with Crippen molar-refractivity contribution in [2.45, 2.75) is 0 Å². The molecule has 0 fully saturated rings. The second-order valence-electron chi connectivity index (χ2n) is 4.02. The first-order valence-corrected chi connectivity index (χ1v) is 10.4. The van der Waals surface area contributed by atoms with Crippen LogP contribution in [0.1, 0.15) is 0 Å². The summed E-state index contributed by atoms with van der Waals surface area (Å²) in [5, 5.41) is 0. The van der Waals surface area contributed by atoms with Crippen molar-refractivity contribution in [3.63, 3.8) is 0 Å². The number of anilines is 1. The summed E-state index contributed by atoms with van der Waals surface area (Å²) in [6.07, 6.45) is 0. The molecule has 0 aliphatic heterocycles. The molecule has 118 valence electrons. The molecule has 2 rings (SSSR count). The summed E-state index contributed by atoms with van der Waals surface area (Å²) in [4.78, 5) is 0. The molecule has 0 amide bonds. The maximum atomic E-state index is 6.10. The van der Waals surface area contributed by atoms with Crippen molar-refractivity contribution in [2.75, 3.05) is 12.8 Å². The largest absolute Gasteiger partial charge is 0.492 e. The minimum absolute atomic E-state index is 0.479. The van der Waals surface area contributed by atoms with Crippen molar-refractivity contribution in [3.05, 3.63) is 39.0 Å². The third-order valence-corrected chi connectivity index (χ3v) is 9.28. The smallest absolute Gasteiger partial charge is 0.176 e. The van der Waals surface area contributed by atoms with Crippen LogP contribution in [0.5, 0.6) is 17.2 Å². The molecule has 3 nitrogen and oxygen atoms in total. The normalized spacial score (nSPS) is 10.7. The summed E-state index contributed by atoms with van der Waals surface area (Å²) in [6.45, 7) is 0. The van der Waals surface area contributed by atoms with Gasteiger partial charge in [-0.05, 0) is 102 Å². The Morgan fingerprint density at radius 1 is 0.773 bits per heavy atom. The van der Waals surface area contributed by atoms with E-state index in [2.05, 4.69) is 95.6 Å². The average molecular weight is 689 g/mol. The molecular formula is C13H7Br6NO2. The second-order valence-corrected chi connectivity index (χ2v) is 8.90. The van der Waals surface area contributed by atoms with Gasteiger partial charge < -0.3 is 15.2 Å². The van der Waals surface area contributed by atoms with E-state index in [1.165, 1.54) is 0 Å². The van der Waals surface area contributed by atoms with E-state index < -0.39 is 0 Å². The van der Waals surface area contributed by atoms with E-state index in [0.29, 0.717) is 27.4 Å². The van der Waals surface area contributed by atoms with Crippen molar-refractivity contribution in [1.29, 1.82) is 0 Å². The lowest BCUT2D eigenvalue weighted by molar-refractivity contribution is 0.376. The van der Waals surface area contributed by atoms with Crippen LogP contribution in [0, 0.1) is 0 Å². The Hall–Kier alpha value is 0.720. The van der Waals surface area contributed by atoms with Gasteiger partial charge in [-0.1, -0.05) is 0 Å². The molecule has 0 saturated carbocycles. The van der Waals surface area contributed by atoms with Gasteiger partial charge in [-0.2, -0.15) is 0 Å². The number of hydrogen-bond donors (Lipinski definition) is 1. The fourth-order valence-electron chi connectivity index (χ4n) is 1.61. The topological polar surface area (TPSA) is 44.5 Å². The Labute approximate surface area is 178 Å². The van der Waals surface area contributed by atoms with Gasteiger partial charge in [0.2, 0.25) is 0 Å². The summed E-state index contributed by atoms with van der Waals surface area (Å²) in [5.41, 5.74) is 6.58. The highest BCUT2D eigenvalue weighted by Gasteiger charge is 2.19. The van der Waals surface area contributed by atoms with Crippen molar-refractivity contribution >= 4 is 101 Å². The van der Waals surface area contributed by atoms with E-state index in [0.717, 1.165) is 22.4 Å². The lowest BCUT2D eigenvalue weighted by Gasteiger charge is -2.16. The van der Waals surface area contributed by atoms with Gasteiger partial charge in [0.15, 0.2) is 17.2 Å². The number of nitrogen functional groups attached to an aromatic ring is 1. The molecule has 0 saturated heterocycles. The molecule has 0 spiro atoms. The number of ether oxygens (including phenoxy) is 2. The van der Waals surface area contributed by atoms with Crippen molar-refractivity contribution < 1.29 is 9.47 Å². The first-order valence-electron chi connectivity index (χ1n) is 5.60. The van der Waals surface area contributed by atoms with Gasteiger partial charge >= 0.3 is 0 Å². The van der Waals surface area contributed by atoms with E-state index in [-0.39, 0.29) is 0 Å². The standard InChI is InChI=1S/C13H7Br6NO2/c1-21-13-7(3-5(15)9(17)11(13)19)22-6-2-4(14)8(16)10(18)12(6)20/h2-3H,20H2,1H3. The Balaban J connectivity index is 2.57. The van der Waals surface area contributed by atoms with Crippen molar-refractivity contribution in [1.82, 2.24) is 0 Å². The van der Waals surface area contributed by atoms with E-state index in [1.54, 1.807) is 19.2 Å². The summed E-state index contributed by atoms with van der Waals surface area (Å²) in [6, 6.07) is 3.59. The SMILES string of the molecule is COc1c(Oc2cc(Br)c(Br)c(Br)c2N)cc(Br)c(Br)c1Br. The minimum atomic E-state index is 0.479. The van der Waals surface area contributed by atoms with E-state index in [1.807, 2.05) is 0 Å². The predicted octanol–water partition coefficient (Wildman–Crippen LogP) is 7.64. The van der Waals surface area contributed by atoms with Crippen LogP contribution in [-0.4, -0.2) is 7.11 Å². The first-order chi connectivity index (χ1) is 10.3. The molecule has 9 heteroatoms. The zero-order valence-electron chi connectivity index (χ0n) is 10.8. The first kappa shape index (κ1) is 19.1. The van der Waals surface area contributed by atoms with Crippen LogP contribution in [0.3, 0.4) is 0 Å². The maximum Gasteiger partial charge on any atom is 0.176 e. The van der Waals surface area contributed by atoms with Gasteiger partial charge in [0, 0.05) is 24.0 Å². The summed E-state index contributed by atoms with van der Waals surface area (Å²) in [7, 11) is 1.57. The van der Waals surface area contributed by atoms with Crippen LogP contribution in [0.4, 0.5) is 5.69 Å². The van der Waals surface area contributed by atoms with Gasteiger partial charge in [0.25, 0.3) is 0 Å². The second kappa shape index (κ2) is 7.74.